The molecule has 5 rings (SSSR count). The van der Waals surface area contributed by atoms with Gasteiger partial charge in [0, 0.05) is 24.3 Å². The molecular formula is C23H23N3O3. The number of phenolic OH excluding ortho intramolecular Hbond substituents is 1. The number of aryl methyl sites for hydroxylation is 1. The number of hydrogen-bond donors (Lipinski definition) is 2. The number of fused-ring (bicyclic) bond motifs is 1. The summed E-state index contributed by atoms with van der Waals surface area (Å²) in [7, 11) is 0. The van der Waals surface area contributed by atoms with E-state index in [1.807, 2.05) is 24.0 Å². The Morgan fingerprint density at radius 2 is 2.00 bits per heavy atom. The summed E-state index contributed by atoms with van der Waals surface area (Å²) in [6, 6.07) is 15.1. The van der Waals surface area contributed by atoms with E-state index in [1.165, 1.54) is 0 Å². The van der Waals surface area contributed by atoms with Crippen molar-refractivity contribution in [1.82, 2.24) is 15.1 Å². The summed E-state index contributed by atoms with van der Waals surface area (Å²) in [4.78, 5) is 15.2. The van der Waals surface area contributed by atoms with Crippen molar-refractivity contribution in [3.63, 3.8) is 0 Å². The fourth-order valence-corrected chi connectivity index (χ4v) is 4.37. The largest absolute Gasteiger partial charge is 0.507 e. The van der Waals surface area contributed by atoms with Crippen LogP contribution in [0.2, 0.25) is 0 Å². The van der Waals surface area contributed by atoms with Crippen molar-refractivity contribution in [3.8, 4) is 17.0 Å². The minimum atomic E-state index is -0.268. The topological polar surface area (TPSA) is 78.5 Å². The van der Waals surface area contributed by atoms with Gasteiger partial charge in [-0.15, -0.1) is 0 Å². The van der Waals surface area contributed by atoms with Gasteiger partial charge in [0.05, 0.1) is 12.1 Å². The average molecular weight is 389 g/mol. The molecule has 1 amide bonds. The van der Waals surface area contributed by atoms with E-state index in [9.17, 15) is 9.90 Å². The van der Waals surface area contributed by atoms with E-state index >= 15 is 0 Å². The van der Waals surface area contributed by atoms with Crippen LogP contribution in [0.5, 0.6) is 5.75 Å². The van der Waals surface area contributed by atoms with Crippen LogP contribution in [0.1, 0.15) is 46.1 Å². The summed E-state index contributed by atoms with van der Waals surface area (Å²) in [5.74, 6) is 0.0738. The fraction of sp³-hybridized carbons (Fsp3) is 0.304. The number of amides is 1. The minimum absolute atomic E-state index is 0.0532. The molecule has 2 N–H and O–H groups in total. The fourth-order valence-electron chi connectivity index (χ4n) is 4.37. The normalized spacial score (nSPS) is 21.0. The minimum Gasteiger partial charge on any atom is -0.507 e. The van der Waals surface area contributed by atoms with Gasteiger partial charge in [0.2, 0.25) is 0 Å². The van der Waals surface area contributed by atoms with Crippen LogP contribution in [-0.2, 0) is 4.74 Å². The second kappa shape index (κ2) is 7.04. The summed E-state index contributed by atoms with van der Waals surface area (Å²) in [6.45, 7) is 3.34. The van der Waals surface area contributed by atoms with Crippen molar-refractivity contribution in [2.45, 2.75) is 31.9 Å². The third kappa shape index (κ3) is 3.00. The highest BCUT2D eigenvalue weighted by Crippen LogP contribution is 2.44. The number of benzene rings is 2. The first-order chi connectivity index (χ1) is 14.1. The Morgan fingerprint density at radius 1 is 1.21 bits per heavy atom. The van der Waals surface area contributed by atoms with Crippen LogP contribution in [0.3, 0.4) is 0 Å². The van der Waals surface area contributed by atoms with Crippen molar-refractivity contribution in [3.05, 3.63) is 70.9 Å². The second-order valence-electron chi connectivity index (χ2n) is 7.78. The lowest BCUT2D eigenvalue weighted by molar-refractivity contribution is 0.0495. The van der Waals surface area contributed by atoms with Gasteiger partial charge in [-0.1, -0.05) is 42.0 Å². The van der Waals surface area contributed by atoms with Gasteiger partial charge in [-0.2, -0.15) is 5.10 Å². The Labute approximate surface area is 169 Å². The monoisotopic (exact) mass is 389 g/mol. The van der Waals surface area contributed by atoms with E-state index in [2.05, 4.69) is 34.5 Å². The molecule has 2 aliphatic rings. The summed E-state index contributed by atoms with van der Waals surface area (Å²) in [6.07, 6.45) is 2.04. The Morgan fingerprint density at radius 3 is 2.72 bits per heavy atom. The van der Waals surface area contributed by atoms with Crippen LogP contribution in [0.25, 0.3) is 11.3 Å². The molecular weight excluding hydrogens is 366 g/mol. The van der Waals surface area contributed by atoms with E-state index < -0.39 is 0 Å². The maximum absolute atomic E-state index is 13.3. The number of aromatic nitrogens is 2. The maximum atomic E-state index is 13.3. The number of ether oxygens (including phenoxy) is 1. The molecule has 0 bridgehead atoms. The molecule has 3 heterocycles. The lowest BCUT2D eigenvalue weighted by Crippen LogP contribution is -2.36. The van der Waals surface area contributed by atoms with Gasteiger partial charge in [-0.25, -0.2) is 0 Å². The molecule has 1 saturated heterocycles. The Kier molecular flexibility index (Phi) is 4.36. The molecule has 1 fully saturated rings. The number of para-hydroxylation sites is 1. The van der Waals surface area contributed by atoms with Gasteiger partial charge < -0.3 is 14.7 Å². The Bertz CT molecular complexity index is 1050. The van der Waals surface area contributed by atoms with E-state index in [-0.39, 0.29) is 23.8 Å². The standard InChI is InChI=1S/C23H23N3O3/c1-14-8-10-15(11-9-14)22-19-20(17-6-2-3-7-18(17)27)24-25-21(19)23(28)26(22)13-16-5-4-12-29-16/h2-3,6-11,16,22,27H,4-5,12-13H2,1H3,(H,24,25)/t16-,22+/m0/s1. The quantitative estimate of drug-likeness (QED) is 0.711. The van der Waals surface area contributed by atoms with Gasteiger partial charge in [0.25, 0.3) is 5.91 Å². The van der Waals surface area contributed by atoms with Gasteiger partial charge in [-0.05, 0) is 37.5 Å². The van der Waals surface area contributed by atoms with Crippen molar-refractivity contribution in [2.75, 3.05) is 13.2 Å². The molecule has 0 aliphatic carbocycles. The predicted molar refractivity (Wildman–Crippen MR) is 109 cm³/mol. The first kappa shape index (κ1) is 17.9. The van der Waals surface area contributed by atoms with Gasteiger partial charge >= 0.3 is 0 Å². The molecule has 148 valence electrons. The number of aromatic hydroxyl groups is 1. The third-order valence-electron chi connectivity index (χ3n) is 5.84. The zero-order chi connectivity index (χ0) is 20.0. The lowest BCUT2D eigenvalue weighted by Gasteiger charge is -2.28. The van der Waals surface area contributed by atoms with Crippen LogP contribution in [0.4, 0.5) is 0 Å². The maximum Gasteiger partial charge on any atom is 0.273 e. The van der Waals surface area contributed by atoms with Crippen molar-refractivity contribution in [1.29, 1.82) is 0 Å². The molecule has 1 aromatic heterocycles. The van der Waals surface area contributed by atoms with Crippen molar-refractivity contribution in [2.24, 2.45) is 0 Å². The molecule has 2 atom stereocenters. The number of carbonyl (C=O) groups is 1. The zero-order valence-electron chi connectivity index (χ0n) is 16.3. The summed E-state index contributed by atoms with van der Waals surface area (Å²) < 4.78 is 5.82. The molecule has 2 aromatic carbocycles. The van der Waals surface area contributed by atoms with Crippen LogP contribution < -0.4 is 0 Å². The van der Waals surface area contributed by atoms with Crippen molar-refractivity contribution >= 4 is 5.91 Å². The molecule has 6 nitrogen and oxygen atoms in total. The molecule has 0 spiro atoms. The summed E-state index contributed by atoms with van der Waals surface area (Å²) in [5, 5.41) is 17.7. The Hall–Kier alpha value is -3.12. The number of carbonyl (C=O) groups excluding carboxylic acids is 1. The lowest BCUT2D eigenvalue weighted by atomic mass is 9.95. The highest BCUT2D eigenvalue weighted by atomic mass is 16.5. The first-order valence-corrected chi connectivity index (χ1v) is 9.99. The average Bonchev–Trinajstić information content (AvgIpc) is 3.44. The molecule has 0 unspecified atom stereocenters. The first-order valence-electron chi connectivity index (χ1n) is 9.99. The number of phenols is 1. The molecule has 2 aliphatic heterocycles. The third-order valence-corrected chi connectivity index (χ3v) is 5.84. The number of H-pyrrole nitrogens is 1. The van der Waals surface area contributed by atoms with E-state index in [0.717, 1.165) is 36.1 Å². The molecule has 3 aromatic rings. The van der Waals surface area contributed by atoms with Crippen LogP contribution in [0.15, 0.2) is 48.5 Å². The smallest absolute Gasteiger partial charge is 0.273 e. The van der Waals surface area contributed by atoms with Crippen LogP contribution in [0, 0.1) is 6.92 Å². The number of nitrogens with one attached hydrogen (secondary N) is 1. The summed E-state index contributed by atoms with van der Waals surface area (Å²) >= 11 is 0. The highest BCUT2D eigenvalue weighted by molar-refractivity contribution is 6.00. The zero-order valence-corrected chi connectivity index (χ0v) is 16.3. The second-order valence-corrected chi connectivity index (χ2v) is 7.78. The van der Waals surface area contributed by atoms with Crippen LogP contribution in [-0.4, -0.2) is 45.4 Å². The van der Waals surface area contributed by atoms with E-state index in [0.29, 0.717) is 23.5 Å². The number of hydrogen-bond acceptors (Lipinski definition) is 4. The number of aromatic amines is 1. The predicted octanol–water partition coefficient (Wildman–Crippen LogP) is 3.81. The molecule has 29 heavy (non-hydrogen) atoms. The number of rotatable bonds is 4. The van der Waals surface area contributed by atoms with Gasteiger partial charge in [0.1, 0.15) is 17.1 Å². The summed E-state index contributed by atoms with van der Waals surface area (Å²) in [5.41, 5.74) is 4.74. The molecule has 6 heteroatoms. The number of nitrogens with zero attached hydrogens (tertiary/aromatic N) is 2. The highest BCUT2D eigenvalue weighted by Gasteiger charge is 2.43. The van der Waals surface area contributed by atoms with Gasteiger partial charge in [0.15, 0.2) is 0 Å². The molecule has 0 radical (unpaired) electrons. The SMILES string of the molecule is Cc1ccc([C@@H]2c3c(-c4ccccc4O)n[nH]c3C(=O)N2C[C@@H]2CCCO2)cc1. The van der Waals surface area contributed by atoms with Crippen molar-refractivity contribution < 1.29 is 14.6 Å². The van der Waals surface area contributed by atoms with Crippen LogP contribution >= 0.6 is 0 Å². The van der Waals surface area contributed by atoms with E-state index in [4.69, 9.17) is 4.74 Å². The van der Waals surface area contributed by atoms with E-state index in [1.54, 1.807) is 12.1 Å². The molecule has 0 saturated carbocycles. The van der Waals surface area contributed by atoms with Gasteiger partial charge in [-0.3, -0.25) is 9.89 Å². The Balaban J connectivity index is 1.64.